The molecule has 0 aromatic heterocycles. The average Bonchev–Trinajstić information content (AvgIpc) is 2.78. The van der Waals surface area contributed by atoms with Crippen LogP contribution in [0.1, 0.15) is 50.2 Å². The summed E-state index contributed by atoms with van der Waals surface area (Å²) in [6.45, 7) is 5.09. The molecule has 1 unspecified atom stereocenters. The molecule has 184 valence electrons. The van der Waals surface area contributed by atoms with Crippen molar-refractivity contribution >= 4 is 40.8 Å². The maximum Gasteiger partial charge on any atom is 0.344 e. The standard InChI is InChI=1S/C26H32Cl2N2O4/c1-17-12-20(8-11-24(17)34-18(2)26(32)33)15-30(14-19-6-4-3-5-7-19)16-25(31)29-23-10-9-21(27)13-22(23)28/h8-13,18-19H,3-7,14-16H2,1-2H3,(H,29,31)(H,32,33). The van der Waals surface area contributed by atoms with E-state index in [-0.39, 0.29) is 12.5 Å². The van der Waals surface area contributed by atoms with Crippen LogP contribution in [0, 0.1) is 12.8 Å². The number of halogens is 2. The highest BCUT2D eigenvalue weighted by atomic mass is 35.5. The first kappa shape index (κ1) is 26.3. The highest BCUT2D eigenvalue weighted by Gasteiger charge is 2.21. The molecule has 6 nitrogen and oxygen atoms in total. The summed E-state index contributed by atoms with van der Waals surface area (Å²) in [6.07, 6.45) is 5.19. The second kappa shape index (κ2) is 12.4. The number of aryl methyl sites for hydroxylation is 1. The Hall–Kier alpha value is -2.28. The van der Waals surface area contributed by atoms with Crippen molar-refractivity contribution in [2.75, 3.05) is 18.4 Å². The number of ether oxygens (including phenoxy) is 1. The van der Waals surface area contributed by atoms with Crippen LogP contribution in [0.5, 0.6) is 5.75 Å². The monoisotopic (exact) mass is 506 g/mol. The van der Waals surface area contributed by atoms with Gasteiger partial charge in [-0.05, 0) is 68.0 Å². The van der Waals surface area contributed by atoms with E-state index in [0.717, 1.165) is 17.7 Å². The van der Waals surface area contributed by atoms with Gasteiger partial charge in [0.25, 0.3) is 0 Å². The molecule has 1 aliphatic rings. The molecule has 0 saturated heterocycles. The maximum absolute atomic E-state index is 12.9. The first-order chi connectivity index (χ1) is 16.2. The molecule has 0 spiro atoms. The van der Waals surface area contributed by atoms with E-state index in [1.54, 1.807) is 24.3 Å². The second-order valence-corrected chi connectivity index (χ2v) is 9.89. The lowest BCUT2D eigenvalue weighted by molar-refractivity contribution is -0.144. The van der Waals surface area contributed by atoms with Crippen molar-refractivity contribution in [1.82, 2.24) is 4.90 Å². The van der Waals surface area contributed by atoms with Crippen LogP contribution in [0.4, 0.5) is 5.69 Å². The highest BCUT2D eigenvalue weighted by molar-refractivity contribution is 6.36. The third-order valence-electron chi connectivity index (χ3n) is 6.11. The number of hydrogen-bond acceptors (Lipinski definition) is 4. The van der Waals surface area contributed by atoms with Gasteiger partial charge in [0.05, 0.1) is 17.3 Å². The van der Waals surface area contributed by atoms with Crippen molar-refractivity contribution in [3.8, 4) is 5.75 Å². The van der Waals surface area contributed by atoms with E-state index in [4.69, 9.17) is 33.0 Å². The van der Waals surface area contributed by atoms with Gasteiger partial charge in [-0.25, -0.2) is 4.79 Å². The summed E-state index contributed by atoms with van der Waals surface area (Å²) in [4.78, 5) is 26.2. The molecular weight excluding hydrogens is 475 g/mol. The van der Waals surface area contributed by atoms with E-state index in [0.29, 0.717) is 33.9 Å². The molecule has 2 N–H and O–H groups in total. The first-order valence-corrected chi connectivity index (χ1v) is 12.4. The summed E-state index contributed by atoms with van der Waals surface area (Å²) in [5.74, 6) is -0.0191. The normalized spacial score (nSPS) is 15.2. The Labute approximate surface area is 211 Å². The summed E-state index contributed by atoms with van der Waals surface area (Å²) in [5.41, 5.74) is 2.44. The third kappa shape index (κ3) is 7.90. The summed E-state index contributed by atoms with van der Waals surface area (Å²) >= 11 is 12.2. The number of carbonyl (C=O) groups excluding carboxylic acids is 1. The number of carbonyl (C=O) groups is 2. The molecule has 0 bridgehead atoms. The Bertz CT molecular complexity index is 1010. The van der Waals surface area contributed by atoms with Crippen LogP contribution in [-0.2, 0) is 16.1 Å². The molecule has 1 fully saturated rings. The first-order valence-electron chi connectivity index (χ1n) is 11.7. The highest BCUT2D eigenvalue weighted by Crippen LogP contribution is 2.27. The number of amides is 1. The van der Waals surface area contributed by atoms with Gasteiger partial charge in [0.15, 0.2) is 6.10 Å². The minimum atomic E-state index is -1.01. The molecule has 1 saturated carbocycles. The Morgan fingerprint density at radius 2 is 1.88 bits per heavy atom. The Kier molecular flexibility index (Phi) is 9.63. The van der Waals surface area contributed by atoms with Crippen molar-refractivity contribution in [2.45, 2.75) is 58.6 Å². The largest absolute Gasteiger partial charge is 0.479 e. The third-order valence-corrected chi connectivity index (χ3v) is 6.66. The molecule has 34 heavy (non-hydrogen) atoms. The van der Waals surface area contributed by atoms with E-state index < -0.39 is 12.1 Å². The second-order valence-electron chi connectivity index (χ2n) is 9.04. The fourth-order valence-electron chi connectivity index (χ4n) is 4.34. The van der Waals surface area contributed by atoms with E-state index in [2.05, 4.69) is 10.2 Å². The van der Waals surface area contributed by atoms with Gasteiger partial charge in [-0.1, -0.05) is 54.6 Å². The number of carboxylic acids is 1. The van der Waals surface area contributed by atoms with Crippen LogP contribution in [0.25, 0.3) is 0 Å². The summed E-state index contributed by atoms with van der Waals surface area (Å²) in [6, 6.07) is 10.7. The summed E-state index contributed by atoms with van der Waals surface area (Å²) < 4.78 is 5.54. The number of rotatable bonds is 10. The predicted molar refractivity (Wildman–Crippen MR) is 136 cm³/mol. The molecule has 2 aromatic rings. The number of nitrogens with zero attached hydrogens (tertiary/aromatic N) is 1. The molecule has 1 amide bonds. The summed E-state index contributed by atoms with van der Waals surface area (Å²) in [7, 11) is 0. The van der Waals surface area contributed by atoms with Gasteiger partial charge < -0.3 is 15.2 Å². The van der Waals surface area contributed by atoms with E-state index in [1.807, 2.05) is 19.1 Å². The van der Waals surface area contributed by atoms with E-state index in [9.17, 15) is 9.59 Å². The van der Waals surface area contributed by atoms with Crippen molar-refractivity contribution < 1.29 is 19.4 Å². The zero-order valence-corrected chi connectivity index (χ0v) is 21.2. The van der Waals surface area contributed by atoms with Crippen molar-refractivity contribution in [3.05, 3.63) is 57.6 Å². The lowest BCUT2D eigenvalue weighted by atomic mass is 9.89. The van der Waals surface area contributed by atoms with Crippen molar-refractivity contribution in [1.29, 1.82) is 0 Å². The van der Waals surface area contributed by atoms with Crippen LogP contribution in [0.15, 0.2) is 36.4 Å². The van der Waals surface area contributed by atoms with E-state index >= 15 is 0 Å². The Morgan fingerprint density at radius 1 is 1.15 bits per heavy atom. The molecule has 3 rings (SSSR count). The van der Waals surface area contributed by atoms with Gasteiger partial charge in [-0.2, -0.15) is 0 Å². The van der Waals surface area contributed by atoms with Crippen LogP contribution >= 0.6 is 23.2 Å². The zero-order valence-electron chi connectivity index (χ0n) is 19.7. The number of benzene rings is 2. The quantitative estimate of drug-likeness (QED) is 0.402. The number of hydrogen-bond donors (Lipinski definition) is 2. The summed E-state index contributed by atoms with van der Waals surface area (Å²) in [5, 5.41) is 12.9. The average molecular weight is 507 g/mol. The van der Waals surface area contributed by atoms with Crippen molar-refractivity contribution in [2.24, 2.45) is 5.92 Å². The van der Waals surface area contributed by atoms with Gasteiger partial charge in [0, 0.05) is 18.1 Å². The van der Waals surface area contributed by atoms with Gasteiger partial charge in [-0.15, -0.1) is 0 Å². The zero-order chi connectivity index (χ0) is 24.7. The van der Waals surface area contributed by atoms with Gasteiger partial charge in [0.2, 0.25) is 5.91 Å². The molecule has 2 aromatic carbocycles. The minimum absolute atomic E-state index is 0.132. The molecule has 1 aliphatic carbocycles. The smallest absolute Gasteiger partial charge is 0.344 e. The Morgan fingerprint density at radius 3 is 2.53 bits per heavy atom. The molecule has 0 aliphatic heterocycles. The van der Waals surface area contributed by atoms with Crippen LogP contribution in [0.3, 0.4) is 0 Å². The molecule has 0 heterocycles. The fraction of sp³-hybridized carbons (Fsp3) is 0.462. The molecule has 8 heteroatoms. The number of aliphatic carboxylic acids is 1. The van der Waals surface area contributed by atoms with Gasteiger partial charge in [-0.3, -0.25) is 9.69 Å². The SMILES string of the molecule is Cc1cc(CN(CC(=O)Nc2ccc(Cl)cc2Cl)CC2CCCCC2)ccc1OC(C)C(=O)O. The van der Waals surface area contributed by atoms with Gasteiger partial charge >= 0.3 is 5.97 Å². The molecular formula is C26H32Cl2N2O4. The number of anilines is 1. The number of carboxylic acid groups (broad SMARTS) is 1. The minimum Gasteiger partial charge on any atom is -0.479 e. The van der Waals surface area contributed by atoms with E-state index in [1.165, 1.54) is 39.0 Å². The van der Waals surface area contributed by atoms with Gasteiger partial charge in [0.1, 0.15) is 5.75 Å². The fourth-order valence-corrected chi connectivity index (χ4v) is 4.80. The molecule has 1 atom stereocenters. The number of nitrogens with one attached hydrogen (secondary N) is 1. The lowest BCUT2D eigenvalue weighted by Crippen LogP contribution is -2.37. The Balaban J connectivity index is 1.70. The predicted octanol–water partition coefficient (Wildman–Crippen LogP) is 6.17. The maximum atomic E-state index is 12.9. The van der Waals surface area contributed by atoms with Crippen LogP contribution in [0.2, 0.25) is 10.0 Å². The van der Waals surface area contributed by atoms with Crippen LogP contribution < -0.4 is 10.1 Å². The topological polar surface area (TPSA) is 78.9 Å². The van der Waals surface area contributed by atoms with Crippen LogP contribution in [-0.4, -0.2) is 41.1 Å². The van der Waals surface area contributed by atoms with Crippen molar-refractivity contribution in [3.63, 3.8) is 0 Å². The molecule has 0 radical (unpaired) electrons. The lowest BCUT2D eigenvalue weighted by Gasteiger charge is -2.29.